The topological polar surface area (TPSA) is 114 Å². The Balaban J connectivity index is 1.92. The van der Waals surface area contributed by atoms with Crippen molar-refractivity contribution in [3.8, 4) is 5.75 Å². The monoisotopic (exact) mass is 481 g/mol. The van der Waals surface area contributed by atoms with E-state index in [9.17, 15) is 23.9 Å². The minimum atomic E-state index is -1.28. The summed E-state index contributed by atoms with van der Waals surface area (Å²) >= 11 is 6.11. The van der Waals surface area contributed by atoms with Crippen molar-refractivity contribution in [1.29, 1.82) is 0 Å². The zero-order chi connectivity index (χ0) is 24.6. The number of hydrogen-bond donors (Lipinski definition) is 2. The molecule has 0 aliphatic heterocycles. The Bertz CT molecular complexity index is 1300. The second kappa shape index (κ2) is 9.23. The zero-order valence-electron chi connectivity index (χ0n) is 18.2. The minimum absolute atomic E-state index is 0.147. The molecule has 4 rings (SSSR count). The van der Waals surface area contributed by atoms with Crippen LogP contribution in [-0.2, 0) is 11.2 Å². The third-order valence-corrected chi connectivity index (χ3v) is 6.19. The molecule has 2 atom stereocenters. The van der Waals surface area contributed by atoms with Gasteiger partial charge < -0.3 is 15.7 Å². The minimum Gasteiger partial charge on any atom is -0.507 e. The number of rotatable bonds is 6. The van der Waals surface area contributed by atoms with Crippen LogP contribution in [0.2, 0.25) is 5.02 Å². The van der Waals surface area contributed by atoms with Gasteiger partial charge >= 0.3 is 0 Å². The molecular formula is C25H21ClFN3O4. The smallest absolute Gasteiger partial charge is 0.259 e. The fraction of sp³-hybridized carbons (Fsp3) is 0.200. The molecule has 3 N–H and O–H groups in total. The van der Waals surface area contributed by atoms with Crippen molar-refractivity contribution in [2.75, 3.05) is 0 Å². The zero-order valence-corrected chi connectivity index (χ0v) is 18.9. The molecule has 0 unspecified atom stereocenters. The number of Topliss-reactive ketones (excluding diaryl/α,β-unsaturated/α-hetero) is 1. The Hall–Kier alpha value is -3.78. The van der Waals surface area contributed by atoms with Crippen molar-refractivity contribution in [2.24, 2.45) is 5.73 Å². The number of carbonyl (C=O) groups excluding carboxylic acids is 3. The fourth-order valence-electron chi connectivity index (χ4n) is 4.41. The molecule has 0 radical (unpaired) electrons. The van der Waals surface area contributed by atoms with Gasteiger partial charge in [-0.15, -0.1) is 0 Å². The van der Waals surface area contributed by atoms with Crippen molar-refractivity contribution >= 4 is 29.2 Å². The van der Waals surface area contributed by atoms with Crippen molar-refractivity contribution in [2.45, 2.75) is 31.8 Å². The average Bonchev–Trinajstić information content (AvgIpc) is 3.21. The number of phenols is 1. The predicted octanol–water partition coefficient (Wildman–Crippen LogP) is 4.14. The number of aromatic nitrogens is 1. The Morgan fingerprint density at radius 2 is 2.00 bits per heavy atom. The van der Waals surface area contributed by atoms with E-state index >= 15 is 0 Å². The van der Waals surface area contributed by atoms with Gasteiger partial charge in [-0.05, 0) is 67.3 Å². The van der Waals surface area contributed by atoms with E-state index in [0.717, 1.165) is 0 Å². The van der Waals surface area contributed by atoms with Crippen LogP contribution < -0.4 is 5.73 Å². The number of fused-ring (bicyclic) bond motifs is 1. The molecule has 9 heteroatoms. The van der Waals surface area contributed by atoms with E-state index < -0.39 is 29.7 Å². The first-order valence-electron chi connectivity index (χ1n) is 10.5. The molecule has 0 saturated carbocycles. The summed E-state index contributed by atoms with van der Waals surface area (Å²) in [5, 5.41) is 10.6. The highest BCUT2D eigenvalue weighted by Crippen LogP contribution is 2.43. The molecule has 174 valence electrons. The van der Waals surface area contributed by atoms with Gasteiger partial charge in [-0.3, -0.25) is 19.4 Å². The molecule has 1 heterocycles. The largest absolute Gasteiger partial charge is 0.507 e. The summed E-state index contributed by atoms with van der Waals surface area (Å²) in [5.74, 6) is -2.76. The predicted molar refractivity (Wildman–Crippen MR) is 123 cm³/mol. The second-order valence-electron chi connectivity index (χ2n) is 8.10. The second-order valence-corrected chi connectivity index (χ2v) is 8.54. The summed E-state index contributed by atoms with van der Waals surface area (Å²) in [5.41, 5.74) is 6.99. The molecular weight excluding hydrogens is 461 g/mol. The normalized spacial score (nSPS) is 15.4. The number of carbonyl (C=O) groups is 3. The van der Waals surface area contributed by atoms with Gasteiger partial charge in [-0.1, -0.05) is 17.7 Å². The molecule has 1 aliphatic rings. The number of amides is 2. The number of ketones is 1. The van der Waals surface area contributed by atoms with Crippen molar-refractivity contribution < 1.29 is 23.9 Å². The Kier molecular flexibility index (Phi) is 6.34. The van der Waals surface area contributed by atoms with Gasteiger partial charge in [0, 0.05) is 28.5 Å². The lowest BCUT2D eigenvalue weighted by Gasteiger charge is -2.36. The molecule has 2 aromatic carbocycles. The summed E-state index contributed by atoms with van der Waals surface area (Å²) in [7, 11) is 0. The maximum atomic E-state index is 14.6. The van der Waals surface area contributed by atoms with Crippen LogP contribution >= 0.6 is 11.6 Å². The molecule has 1 aromatic heterocycles. The van der Waals surface area contributed by atoms with E-state index in [1.54, 1.807) is 18.2 Å². The lowest BCUT2D eigenvalue weighted by molar-refractivity contribution is -0.123. The van der Waals surface area contributed by atoms with E-state index in [2.05, 4.69) is 4.98 Å². The molecule has 0 spiro atoms. The molecule has 34 heavy (non-hydrogen) atoms. The van der Waals surface area contributed by atoms with Gasteiger partial charge in [0.1, 0.15) is 17.6 Å². The number of aromatic hydroxyl groups is 1. The van der Waals surface area contributed by atoms with E-state index in [1.807, 2.05) is 0 Å². The first kappa shape index (κ1) is 23.4. The Morgan fingerprint density at radius 3 is 2.65 bits per heavy atom. The molecule has 0 bridgehead atoms. The third-order valence-electron chi connectivity index (χ3n) is 5.97. The number of phenolic OH excluding ortho intramolecular Hbond substituents is 1. The standard InChI is InChI=1S/C25H21ClFN3O4/c1-13(31)14-4-7-22(32)19(9-14)25(34)30(23(24(28)33)15-3-2-8-29-12-15)21-6-5-17-18(21)10-16(26)11-20(17)27/h2-4,7-12,21,23,32H,5-6H2,1H3,(H2,28,33)/t21-,23-/m1/s1. The Labute approximate surface area is 200 Å². The maximum absolute atomic E-state index is 14.6. The summed E-state index contributed by atoms with van der Waals surface area (Å²) in [4.78, 5) is 43.8. The SMILES string of the molecule is CC(=O)c1ccc(O)c(C(=O)N([C@@H]2CCc3c(F)cc(Cl)cc32)[C@@H](C(N)=O)c2cccnc2)c1. The summed E-state index contributed by atoms with van der Waals surface area (Å²) < 4.78 is 14.6. The third kappa shape index (κ3) is 4.24. The maximum Gasteiger partial charge on any atom is 0.259 e. The van der Waals surface area contributed by atoms with Gasteiger partial charge in [-0.2, -0.15) is 0 Å². The van der Waals surface area contributed by atoms with Gasteiger partial charge in [-0.25, -0.2) is 4.39 Å². The number of halogens is 2. The van der Waals surface area contributed by atoms with Crippen LogP contribution in [0.15, 0.2) is 54.9 Å². The van der Waals surface area contributed by atoms with E-state index in [1.165, 1.54) is 48.5 Å². The van der Waals surface area contributed by atoms with Crippen molar-refractivity contribution in [3.05, 3.63) is 93.5 Å². The lowest BCUT2D eigenvalue weighted by atomic mass is 9.97. The number of nitrogens with two attached hydrogens (primary N) is 1. The van der Waals surface area contributed by atoms with Gasteiger partial charge in [0.2, 0.25) is 5.91 Å². The van der Waals surface area contributed by atoms with E-state index in [0.29, 0.717) is 29.5 Å². The highest BCUT2D eigenvalue weighted by Gasteiger charge is 2.41. The summed E-state index contributed by atoms with van der Waals surface area (Å²) in [6.45, 7) is 1.33. The van der Waals surface area contributed by atoms with Crippen molar-refractivity contribution in [3.63, 3.8) is 0 Å². The highest BCUT2D eigenvalue weighted by molar-refractivity contribution is 6.30. The van der Waals surface area contributed by atoms with Gasteiger partial charge in [0.25, 0.3) is 5.91 Å². The van der Waals surface area contributed by atoms with Gasteiger partial charge in [0.05, 0.1) is 11.6 Å². The Morgan fingerprint density at radius 1 is 1.24 bits per heavy atom. The molecule has 1 aliphatic carbocycles. The number of primary amides is 1. The first-order chi connectivity index (χ1) is 16.2. The molecule has 0 saturated heterocycles. The van der Waals surface area contributed by atoms with Crippen LogP contribution in [0, 0.1) is 5.82 Å². The molecule has 3 aromatic rings. The molecule has 2 amide bonds. The van der Waals surface area contributed by atoms with Crippen LogP contribution in [-0.4, -0.2) is 32.6 Å². The fourth-order valence-corrected chi connectivity index (χ4v) is 4.63. The lowest BCUT2D eigenvalue weighted by Crippen LogP contribution is -2.43. The number of nitrogens with zero attached hydrogens (tertiary/aromatic N) is 2. The average molecular weight is 482 g/mol. The van der Waals surface area contributed by atoms with Crippen LogP contribution in [0.25, 0.3) is 0 Å². The summed E-state index contributed by atoms with van der Waals surface area (Å²) in [6, 6.07) is 7.81. The van der Waals surface area contributed by atoms with Gasteiger partial charge in [0.15, 0.2) is 5.78 Å². The van der Waals surface area contributed by atoms with Crippen LogP contribution in [0.3, 0.4) is 0 Å². The number of pyridine rings is 1. The van der Waals surface area contributed by atoms with Crippen LogP contribution in [0.4, 0.5) is 4.39 Å². The quantitative estimate of drug-likeness (QED) is 0.514. The number of benzene rings is 2. The molecule has 7 nitrogen and oxygen atoms in total. The first-order valence-corrected chi connectivity index (χ1v) is 10.9. The van der Waals surface area contributed by atoms with E-state index in [-0.39, 0.29) is 27.7 Å². The van der Waals surface area contributed by atoms with Crippen LogP contribution in [0.1, 0.15) is 62.8 Å². The van der Waals surface area contributed by atoms with Crippen molar-refractivity contribution in [1.82, 2.24) is 9.88 Å². The molecule has 0 fully saturated rings. The van der Waals surface area contributed by atoms with Crippen LogP contribution in [0.5, 0.6) is 5.75 Å². The summed E-state index contributed by atoms with van der Waals surface area (Å²) in [6.07, 6.45) is 3.53. The highest BCUT2D eigenvalue weighted by atomic mass is 35.5. The van der Waals surface area contributed by atoms with E-state index in [4.69, 9.17) is 17.3 Å². The number of hydrogen-bond acceptors (Lipinski definition) is 5.